The molecule has 9 heteroatoms. The molecule has 8 nitrogen and oxygen atoms in total. The number of nitrogens with one attached hydrogen (secondary N) is 1. The zero-order valence-corrected chi connectivity index (χ0v) is 17.0. The lowest BCUT2D eigenvalue weighted by atomic mass is 10.2. The van der Waals surface area contributed by atoms with Gasteiger partial charge in [-0.2, -0.15) is 0 Å². The van der Waals surface area contributed by atoms with Crippen LogP contribution in [0.5, 0.6) is 0 Å². The molecule has 0 aliphatic rings. The number of carbonyl (C=O) groups excluding carboxylic acids is 1. The molecule has 144 valence electrons. The van der Waals surface area contributed by atoms with Crippen LogP contribution in [0.3, 0.4) is 0 Å². The molecule has 0 fully saturated rings. The van der Waals surface area contributed by atoms with Gasteiger partial charge in [0, 0.05) is 18.1 Å². The standard InChI is InChI=1S/C19H19BrN6O2/c1-12-8-9-14(10-15(12)20)22-17(21)16-18(25-28-24-16)23-19(27)26(2)11-13-6-4-3-5-7-13/h3-10H,11H2,1-2H3,(H2,21,22)(H,23,25,27). The van der Waals surface area contributed by atoms with E-state index in [0.29, 0.717) is 12.2 Å². The number of aliphatic imine (C=N–C) groups is 1. The van der Waals surface area contributed by atoms with E-state index in [0.717, 1.165) is 15.6 Å². The van der Waals surface area contributed by atoms with Gasteiger partial charge in [-0.05, 0) is 40.5 Å². The minimum absolute atomic E-state index is 0.0815. The summed E-state index contributed by atoms with van der Waals surface area (Å²) in [7, 11) is 1.68. The molecule has 0 saturated heterocycles. The second kappa shape index (κ2) is 8.66. The Balaban J connectivity index is 1.73. The molecule has 1 aromatic heterocycles. The third-order valence-electron chi connectivity index (χ3n) is 3.97. The van der Waals surface area contributed by atoms with Crippen LogP contribution < -0.4 is 11.1 Å². The first kappa shape index (κ1) is 19.6. The number of amides is 2. The van der Waals surface area contributed by atoms with Gasteiger partial charge in [-0.1, -0.05) is 52.3 Å². The third kappa shape index (κ3) is 4.74. The Morgan fingerprint density at radius 1 is 1.25 bits per heavy atom. The maximum absolute atomic E-state index is 12.4. The average molecular weight is 443 g/mol. The van der Waals surface area contributed by atoms with Crippen molar-refractivity contribution in [3.63, 3.8) is 0 Å². The lowest BCUT2D eigenvalue weighted by molar-refractivity contribution is 0.220. The van der Waals surface area contributed by atoms with Gasteiger partial charge in [0.2, 0.25) is 5.82 Å². The van der Waals surface area contributed by atoms with Crippen molar-refractivity contribution in [1.29, 1.82) is 0 Å². The van der Waals surface area contributed by atoms with Gasteiger partial charge < -0.3 is 10.6 Å². The smallest absolute Gasteiger partial charge is 0.323 e. The summed E-state index contributed by atoms with van der Waals surface area (Å²) in [6.45, 7) is 2.41. The summed E-state index contributed by atoms with van der Waals surface area (Å²) >= 11 is 3.46. The Bertz CT molecular complexity index is 1000. The Kier molecular flexibility index (Phi) is 6.05. The first-order valence-corrected chi connectivity index (χ1v) is 9.22. The van der Waals surface area contributed by atoms with Gasteiger partial charge in [0.05, 0.1) is 5.69 Å². The summed E-state index contributed by atoms with van der Waals surface area (Å²) in [6, 6.07) is 14.8. The normalized spacial score (nSPS) is 11.3. The molecular formula is C19H19BrN6O2. The molecule has 0 spiro atoms. The molecule has 0 aliphatic heterocycles. The fourth-order valence-electron chi connectivity index (χ4n) is 2.41. The maximum atomic E-state index is 12.4. The lowest BCUT2D eigenvalue weighted by Crippen LogP contribution is -2.31. The van der Waals surface area contributed by atoms with Crippen molar-refractivity contribution in [3.05, 3.63) is 69.8 Å². The quantitative estimate of drug-likeness (QED) is 0.460. The van der Waals surface area contributed by atoms with Crippen molar-refractivity contribution in [2.75, 3.05) is 12.4 Å². The van der Waals surface area contributed by atoms with E-state index in [-0.39, 0.29) is 23.4 Å². The Hall–Kier alpha value is -3.20. The zero-order chi connectivity index (χ0) is 20.1. The van der Waals surface area contributed by atoms with Crippen molar-refractivity contribution in [1.82, 2.24) is 15.2 Å². The van der Waals surface area contributed by atoms with Gasteiger partial charge in [0.15, 0.2) is 11.5 Å². The maximum Gasteiger partial charge on any atom is 0.323 e. The Morgan fingerprint density at radius 3 is 2.71 bits per heavy atom. The fourth-order valence-corrected chi connectivity index (χ4v) is 2.77. The number of anilines is 1. The van der Waals surface area contributed by atoms with Crippen LogP contribution in [0.1, 0.15) is 16.8 Å². The predicted molar refractivity (Wildman–Crippen MR) is 110 cm³/mol. The summed E-state index contributed by atoms with van der Waals surface area (Å²) in [5.41, 5.74) is 8.93. The van der Waals surface area contributed by atoms with E-state index in [9.17, 15) is 4.79 Å². The highest BCUT2D eigenvalue weighted by Gasteiger charge is 2.19. The van der Waals surface area contributed by atoms with E-state index in [1.807, 2.05) is 55.5 Å². The molecule has 0 saturated carbocycles. The van der Waals surface area contributed by atoms with Gasteiger partial charge in [0.25, 0.3) is 0 Å². The minimum atomic E-state index is -0.369. The summed E-state index contributed by atoms with van der Waals surface area (Å²) in [5, 5.41) is 10.1. The van der Waals surface area contributed by atoms with Gasteiger partial charge in [-0.25, -0.2) is 14.4 Å². The van der Waals surface area contributed by atoms with Crippen LogP contribution >= 0.6 is 15.9 Å². The first-order chi connectivity index (χ1) is 13.4. The summed E-state index contributed by atoms with van der Waals surface area (Å²) in [4.78, 5) is 18.3. The largest absolute Gasteiger partial charge is 0.382 e. The molecule has 0 unspecified atom stereocenters. The van der Waals surface area contributed by atoms with Crippen molar-refractivity contribution in [2.45, 2.75) is 13.5 Å². The highest BCUT2D eigenvalue weighted by Crippen LogP contribution is 2.23. The van der Waals surface area contributed by atoms with Crippen molar-refractivity contribution < 1.29 is 9.42 Å². The summed E-state index contributed by atoms with van der Waals surface area (Å²) in [5.74, 6) is 0.190. The zero-order valence-electron chi connectivity index (χ0n) is 15.4. The molecular weight excluding hydrogens is 424 g/mol. The van der Waals surface area contributed by atoms with Crippen LogP contribution in [0.15, 0.2) is 62.6 Å². The Morgan fingerprint density at radius 2 is 2.00 bits per heavy atom. The second-order valence-electron chi connectivity index (χ2n) is 6.16. The first-order valence-electron chi connectivity index (χ1n) is 8.43. The number of hydrogen-bond donors (Lipinski definition) is 2. The van der Waals surface area contributed by atoms with E-state index < -0.39 is 0 Å². The molecule has 0 bridgehead atoms. The van der Waals surface area contributed by atoms with E-state index in [1.165, 1.54) is 4.90 Å². The molecule has 1 heterocycles. The SMILES string of the molecule is Cc1ccc(N=C(N)c2nonc2NC(=O)N(C)Cc2ccccc2)cc1Br. The number of aromatic nitrogens is 2. The van der Waals surface area contributed by atoms with E-state index >= 15 is 0 Å². The average Bonchev–Trinajstić information content (AvgIpc) is 3.13. The second-order valence-corrected chi connectivity index (χ2v) is 7.02. The molecule has 0 radical (unpaired) electrons. The topological polar surface area (TPSA) is 110 Å². The molecule has 0 atom stereocenters. The van der Waals surface area contributed by atoms with Crippen LogP contribution in [0.2, 0.25) is 0 Å². The Labute approximate surface area is 170 Å². The molecule has 0 aliphatic carbocycles. The number of aryl methyl sites for hydroxylation is 1. The molecule has 3 aromatic rings. The fraction of sp³-hybridized carbons (Fsp3) is 0.158. The molecule has 2 aromatic carbocycles. The van der Waals surface area contributed by atoms with Gasteiger partial charge in [0.1, 0.15) is 0 Å². The number of rotatable bonds is 5. The lowest BCUT2D eigenvalue weighted by Gasteiger charge is -2.17. The third-order valence-corrected chi connectivity index (χ3v) is 4.83. The number of nitrogens with zero attached hydrogens (tertiary/aromatic N) is 4. The van der Waals surface area contributed by atoms with Crippen molar-refractivity contribution >= 4 is 39.3 Å². The van der Waals surface area contributed by atoms with Crippen LogP contribution in [0.4, 0.5) is 16.3 Å². The number of benzene rings is 2. The highest BCUT2D eigenvalue weighted by atomic mass is 79.9. The van der Waals surface area contributed by atoms with E-state index in [4.69, 9.17) is 10.4 Å². The molecule has 3 N–H and O–H groups in total. The predicted octanol–water partition coefficient (Wildman–Crippen LogP) is 3.84. The number of nitrogens with two attached hydrogens (primary N) is 1. The van der Waals surface area contributed by atoms with Crippen LogP contribution in [0, 0.1) is 6.92 Å². The minimum Gasteiger partial charge on any atom is -0.382 e. The highest BCUT2D eigenvalue weighted by molar-refractivity contribution is 9.10. The number of carbonyl (C=O) groups is 1. The number of urea groups is 1. The summed E-state index contributed by atoms with van der Waals surface area (Å²) < 4.78 is 5.66. The molecule has 28 heavy (non-hydrogen) atoms. The monoisotopic (exact) mass is 442 g/mol. The van der Waals surface area contributed by atoms with E-state index in [2.05, 4.69) is 36.6 Å². The molecule has 2 amide bonds. The van der Waals surface area contributed by atoms with Crippen LogP contribution in [0.25, 0.3) is 0 Å². The molecule has 3 rings (SSSR count). The number of amidine groups is 1. The van der Waals surface area contributed by atoms with Crippen LogP contribution in [-0.2, 0) is 6.54 Å². The van der Waals surface area contributed by atoms with Crippen molar-refractivity contribution in [2.24, 2.45) is 10.7 Å². The number of halogens is 1. The van der Waals surface area contributed by atoms with Gasteiger partial charge in [-0.15, -0.1) is 0 Å². The van der Waals surface area contributed by atoms with Crippen molar-refractivity contribution in [3.8, 4) is 0 Å². The van der Waals surface area contributed by atoms with Gasteiger partial charge >= 0.3 is 6.03 Å². The van der Waals surface area contributed by atoms with Gasteiger partial charge in [-0.3, -0.25) is 5.32 Å². The number of hydrogen-bond acceptors (Lipinski definition) is 5. The summed E-state index contributed by atoms with van der Waals surface area (Å²) in [6.07, 6.45) is 0. The van der Waals surface area contributed by atoms with Crippen LogP contribution in [-0.4, -0.2) is 34.1 Å². The van der Waals surface area contributed by atoms with E-state index in [1.54, 1.807) is 7.05 Å².